The molecule has 2 saturated heterocycles. The SMILES string of the molecule is CC(C(=O)N1CCC2(CCCOC2)C1)(c1ccccc1)c1ccccc1. The third-order valence-electron chi connectivity index (χ3n) is 6.26. The smallest absolute Gasteiger partial charge is 0.237 e. The molecule has 0 aromatic heterocycles. The fraction of sp³-hybridized carbons (Fsp3) is 0.435. The Morgan fingerprint density at radius 2 is 1.62 bits per heavy atom. The number of ether oxygens (including phenoxy) is 1. The van der Waals surface area contributed by atoms with Gasteiger partial charge >= 0.3 is 0 Å². The maximum absolute atomic E-state index is 13.8. The van der Waals surface area contributed by atoms with Gasteiger partial charge in [0.2, 0.25) is 5.91 Å². The molecule has 1 unspecified atom stereocenters. The molecule has 26 heavy (non-hydrogen) atoms. The van der Waals surface area contributed by atoms with E-state index in [9.17, 15) is 4.79 Å². The molecular weight excluding hydrogens is 322 g/mol. The fourth-order valence-corrected chi connectivity index (χ4v) is 4.61. The van der Waals surface area contributed by atoms with Crippen molar-refractivity contribution in [1.82, 2.24) is 4.90 Å². The molecule has 3 nitrogen and oxygen atoms in total. The van der Waals surface area contributed by atoms with Gasteiger partial charge in [-0.05, 0) is 37.3 Å². The van der Waals surface area contributed by atoms with Crippen LogP contribution in [-0.2, 0) is 14.9 Å². The van der Waals surface area contributed by atoms with Gasteiger partial charge in [0.05, 0.1) is 12.0 Å². The number of hydrogen-bond donors (Lipinski definition) is 0. The van der Waals surface area contributed by atoms with Crippen LogP contribution in [0.3, 0.4) is 0 Å². The van der Waals surface area contributed by atoms with Gasteiger partial charge in [-0.15, -0.1) is 0 Å². The quantitative estimate of drug-likeness (QED) is 0.837. The van der Waals surface area contributed by atoms with E-state index in [2.05, 4.69) is 36.1 Å². The highest BCUT2D eigenvalue weighted by Crippen LogP contribution is 2.41. The maximum atomic E-state index is 13.8. The summed E-state index contributed by atoms with van der Waals surface area (Å²) in [6.07, 6.45) is 3.33. The second-order valence-corrected chi connectivity index (χ2v) is 7.99. The Hall–Kier alpha value is -2.13. The van der Waals surface area contributed by atoms with E-state index < -0.39 is 5.41 Å². The Morgan fingerprint density at radius 3 is 2.15 bits per heavy atom. The Kier molecular flexibility index (Phi) is 4.58. The number of carbonyl (C=O) groups is 1. The molecular formula is C23H27NO2. The van der Waals surface area contributed by atoms with Crippen molar-refractivity contribution in [3.63, 3.8) is 0 Å². The summed E-state index contributed by atoms with van der Waals surface area (Å²) in [5, 5.41) is 0. The van der Waals surface area contributed by atoms with E-state index >= 15 is 0 Å². The van der Waals surface area contributed by atoms with Crippen LogP contribution in [0.25, 0.3) is 0 Å². The minimum Gasteiger partial charge on any atom is -0.381 e. The minimum atomic E-state index is -0.663. The van der Waals surface area contributed by atoms with E-state index in [0.29, 0.717) is 0 Å². The van der Waals surface area contributed by atoms with Gasteiger partial charge in [-0.1, -0.05) is 60.7 Å². The lowest BCUT2D eigenvalue weighted by molar-refractivity contribution is -0.135. The van der Waals surface area contributed by atoms with Crippen molar-refractivity contribution in [1.29, 1.82) is 0 Å². The van der Waals surface area contributed by atoms with Crippen LogP contribution in [0.5, 0.6) is 0 Å². The zero-order valence-electron chi connectivity index (χ0n) is 15.5. The molecule has 1 amide bonds. The van der Waals surface area contributed by atoms with Crippen LogP contribution in [-0.4, -0.2) is 37.1 Å². The first-order valence-corrected chi connectivity index (χ1v) is 9.62. The van der Waals surface area contributed by atoms with Gasteiger partial charge in [-0.2, -0.15) is 0 Å². The average molecular weight is 349 g/mol. The molecule has 136 valence electrons. The summed E-state index contributed by atoms with van der Waals surface area (Å²) in [4.78, 5) is 15.9. The summed E-state index contributed by atoms with van der Waals surface area (Å²) in [6, 6.07) is 20.4. The Labute approximate surface area is 156 Å². The molecule has 3 heteroatoms. The van der Waals surface area contributed by atoms with E-state index in [1.54, 1.807) is 0 Å². The van der Waals surface area contributed by atoms with Crippen molar-refractivity contribution in [3.8, 4) is 0 Å². The summed E-state index contributed by atoms with van der Waals surface area (Å²) in [5.74, 6) is 0.206. The largest absolute Gasteiger partial charge is 0.381 e. The molecule has 0 N–H and O–H groups in total. The molecule has 4 rings (SSSR count). The number of nitrogens with zero attached hydrogens (tertiary/aromatic N) is 1. The molecule has 2 fully saturated rings. The van der Waals surface area contributed by atoms with Crippen LogP contribution in [0.1, 0.15) is 37.3 Å². The monoisotopic (exact) mass is 349 g/mol. The molecule has 2 aromatic rings. The lowest BCUT2D eigenvalue weighted by Crippen LogP contribution is -2.46. The first-order chi connectivity index (χ1) is 12.6. The van der Waals surface area contributed by atoms with Crippen LogP contribution < -0.4 is 0 Å². The second-order valence-electron chi connectivity index (χ2n) is 7.99. The van der Waals surface area contributed by atoms with Crippen LogP contribution in [0, 0.1) is 5.41 Å². The lowest BCUT2D eigenvalue weighted by Gasteiger charge is -2.36. The summed E-state index contributed by atoms with van der Waals surface area (Å²) < 4.78 is 5.75. The van der Waals surface area contributed by atoms with E-state index in [1.807, 2.05) is 36.4 Å². The van der Waals surface area contributed by atoms with Crippen molar-refractivity contribution in [2.75, 3.05) is 26.3 Å². The standard InChI is InChI=1S/C23H27NO2/c1-22(19-9-4-2-5-10-19,20-11-6-3-7-12-20)21(25)24-15-14-23(17-24)13-8-16-26-18-23/h2-7,9-12H,8,13-18H2,1H3. The lowest BCUT2D eigenvalue weighted by atomic mass is 9.75. The number of rotatable bonds is 3. The third kappa shape index (κ3) is 2.95. The molecule has 2 aliphatic heterocycles. The fourth-order valence-electron chi connectivity index (χ4n) is 4.61. The highest BCUT2D eigenvalue weighted by Gasteiger charge is 2.46. The highest BCUT2D eigenvalue weighted by atomic mass is 16.5. The predicted molar refractivity (Wildman–Crippen MR) is 103 cm³/mol. The van der Waals surface area contributed by atoms with Crippen molar-refractivity contribution in [3.05, 3.63) is 71.8 Å². The average Bonchev–Trinajstić information content (AvgIpc) is 3.12. The van der Waals surface area contributed by atoms with Crippen molar-refractivity contribution in [2.45, 2.75) is 31.6 Å². The van der Waals surface area contributed by atoms with Crippen molar-refractivity contribution < 1.29 is 9.53 Å². The normalized spacial score (nSPS) is 23.3. The van der Waals surface area contributed by atoms with Crippen molar-refractivity contribution >= 4 is 5.91 Å². The molecule has 1 atom stereocenters. The molecule has 0 bridgehead atoms. The summed E-state index contributed by atoms with van der Waals surface area (Å²) in [5.41, 5.74) is 1.61. The van der Waals surface area contributed by atoms with Gasteiger partial charge in [0.25, 0.3) is 0 Å². The molecule has 0 saturated carbocycles. The first-order valence-electron chi connectivity index (χ1n) is 9.62. The predicted octanol–water partition coefficient (Wildman–Crippen LogP) is 4.02. The number of likely N-dealkylation sites (tertiary alicyclic amines) is 1. The topological polar surface area (TPSA) is 29.5 Å². The molecule has 2 aromatic carbocycles. The van der Waals surface area contributed by atoms with Crippen LogP contribution >= 0.6 is 0 Å². The molecule has 0 aliphatic carbocycles. The van der Waals surface area contributed by atoms with Gasteiger partial charge in [0.15, 0.2) is 0 Å². The molecule has 1 spiro atoms. The number of hydrogen-bond acceptors (Lipinski definition) is 2. The van der Waals surface area contributed by atoms with Crippen molar-refractivity contribution in [2.24, 2.45) is 5.41 Å². The van der Waals surface area contributed by atoms with E-state index in [-0.39, 0.29) is 11.3 Å². The minimum absolute atomic E-state index is 0.169. The zero-order valence-corrected chi connectivity index (χ0v) is 15.5. The van der Waals surface area contributed by atoms with Gasteiger partial charge in [-0.25, -0.2) is 0 Å². The van der Waals surface area contributed by atoms with E-state index in [4.69, 9.17) is 4.74 Å². The van der Waals surface area contributed by atoms with Crippen LogP contribution in [0.4, 0.5) is 0 Å². The Balaban J connectivity index is 1.68. The van der Waals surface area contributed by atoms with E-state index in [0.717, 1.165) is 50.3 Å². The maximum Gasteiger partial charge on any atom is 0.237 e. The molecule has 2 aliphatic rings. The first kappa shape index (κ1) is 17.3. The number of carbonyl (C=O) groups excluding carboxylic acids is 1. The third-order valence-corrected chi connectivity index (χ3v) is 6.26. The number of benzene rings is 2. The molecule has 0 radical (unpaired) electrons. The summed E-state index contributed by atoms with van der Waals surface area (Å²) >= 11 is 0. The number of amides is 1. The second kappa shape index (κ2) is 6.88. The Morgan fingerprint density at radius 1 is 1.00 bits per heavy atom. The highest BCUT2D eigenvalue weighted by molar-refractivity contribution is 5.92. The summed E-state index contributed by atoms with van der Waals surface area (Å²) in [7, 11) is 0. The van der Waals surface area contributed by atoms with Crippen LogP contribution in [0.2, 0.25) is 0 Å². The van der Waals surface area contributed by atoms with Gasteiger partial charge < -0.3 is 9.64 Å². The van der Waals surface area contributed by atoms with Gasteiger partial charge in [-0.3, -0.25) is 4.79 Å². The molecule has 2 heterocycles. The van der Waals surface area contributed by atoms with Gasteiger partial charge in [0.1, 0.15) is 0 Å². The van der Waals surface area contributed by atoms with E-state index in [1.165, 1.54) is 6.42 Å². The summed E-state index contributed by atoms with van der Waals surface area (Å²) in [6.45, 7) is 5.38. The zero-order chi connectivity index (χ0) is 18.0. The van der Waals surface area contributed by atoms with Crippen LogP contribution in [0.15, 0.2) is 60.7 Å². The van der Waals surface area contributed by atoms with Gasteiger partial charge in [0, 0.05) is 25.1 Å². The Bertz CT molecular complexity index is 711.